The van der Waals surface area contributed by atoms with Gasteiger partial charge in [-0.1, -0.05) is 6.92 Å². The van der Waals surface area contributed by atoms with Crippen molar-refractivity contribution in [2.75, 3.05) is 18.4 Å². The van der Waals surface area contributed by atoms with E-state index < -0.39 is 29.0 Å². The number of anilines is 1. The third-order valence-corrected chi connectivity index (χ3v) is 4.49. The van der Waals surface area contributed by atoms with Crippen molar-refractivity contribution < 1.29 is 22.8 Å². The summed E-state index contributed by atoms with van der Waals surface area (Å²) in [6, 6.07) is 3.46. The Kier molecular flexibility index (Phi) is 6.19. The molecule has 0 aliphatic carbocycles. The molecule has 134 valence electrons. The fraction of sp³-hybridized carbons (Fsp3) is 0.294. The van der Waals surface area contributed by atoms with Crippen LogP contribution in [-0.4, -0.2) is 29.8 Å². The highest BCUT2D eigenvalue weighted by atomic mass is 32.1. The van der Waals surface area contributed by atoms with Gasteiger partial charge in [0.05, 0.1) is 10.6 Å². The lowest BCUT2D eigenvalue weighted by molar-refractivity contribution is -0.116. The highest BCUT2D eigenvalue weighted by Gasteiger charge is 2.22. The molecule has 2 amide bonds. The lowest BCUT2D eigenvalue weighted by atomic mass is 10.2. The van der Waals surface area contributed by atoms with Crippen molar-refractivity contribution in [1.82, 2.24) is 4.90 Å². The van der Waals surface area contributed by atoms with Gasteiger partial charge >= 0.3 is 0 Å². The summed E-state index contributed by atoms with van der Waals surface area (Å²) in [5.41, 5.74) is 0.336. The van der Waals surface area contributed by atoms with E-state index in [1.54, 1.807) is 18.4 Å². The number of benzene rings is 1. The Balaban J connectivity index is 2.12. The molecule has 0 saturated heterocycles. The zero-order chi connectivity index (χ0) is 18.6. The van der Waals surface area contributed by atoms with Crippen molar-refractivity contribution in [3.05, 3.63) is 51.5 Å². The Morgan fingerprint density at radius 2 is 1.88 bits per heavy atom. The molecule has 25 heavy (non-hydrogen) atoms. The molecule has 4 nitrogen and oxygen atoms in total. The molecule has 0 radical (unpaired) electrons. The van der Waals surface area contributed by atoms with E-state index >= 15 is 0 Å². The predicted octanol–water partition coefficient (Wildman–Crippen LogP) is 3.96. The summed E-state index contributed by atoms with van der Waals surface area (Å²) < 4.78 is 39.8. The minimum Gasteiger partial charge on any atom is -0.329 e. The van der Waals surface area contributed by atoms with Gasteiger partial charge in [-0.3, -0.25) is 9.59 Å². The number of hydrogen-bond acceptors (Lipinski definition) is 3. The van der Waals surface area contributed by atoms with Crippen LogP contribution in [0.2, 0.25) is 0 Å². The van der Waals surface area contributed by atoms with E-state index in [9.17, 15) is 22.8 Å². The number of nitrogens with one attached hydrogen (secondary N) is 1. The highest BCUT2D eigenvalue weighted by molar-refractivity contribution is 7.12. The van der Waals surface area contributed by atoms with E-state index in [0.29, 0.717) is 17.8 Å². The van der Waals surface area contributed by atoms with E-state index in [2.05, 4.69) is 5.32 Å². The monoisotopic (exact) mass is 370 g/mol. The minimum absolute atomic E-state index is 0.296. The molecule has 0 saturated carbocycles. The van der Waals surface area contributed by atoms with Crippen molar-refractivity contribution >= 4 is 28.8 Å². The molecule has 0 aliphatic rings. The Morgan fingerprint density at radius 1 is 1.16 bits per heavy atom. The van der Waals surface area contributed by atoms with Crippen LogP contribution in [0.1, 0.15) is 28.6 Å². The fourth-order valence-corrected chi connectivity index (χ4v) is 3.14. The lowest BCUT2D eigenvalue weighted by Gasteiger charge is -2.21. The number of carbonyl (C=O) groups excluding carboxylic acids is 2. The molecule has 0 atom stereocenters. The van der Waals surface area contributed by atoms with E-state index in [4.69, 9.17) is 0 Å². The largest absolute Gasteiger partial charge is 0.329 e. The maximum absolute atomic E-state index is 13.6. The first kappa shape index (κ1) is 19.0. The second-order valence-electron chi connectivity index (χ2n) is 5.43. The third-order valence-electron chi connectivity index (χ3n) is 3.48. The molecule has 2 aromatic rings. The van der Waals surface area contributed by atoms with E-state index in [-0.39, 0.29) is 12.5 Å². The number of thiophene rings is 1. The van der Waals surface area contributed by atoms with Crippen LogP contribution >= 0.6 is 11.3 Å². The summed E-state index contributed by atoms with van der Waals surface area (Å²) in [6.07, 6.45) is 0.628. The minimum atomic E-state index is -1.66. The topological polar surface area (TPSA) is 49.4 Å². The number of amides is 2. The normalized spacial score (nSPS) is 10.6. The molecule has 1 aromatic carbocycles. The van der Waals surface area contributed by atoms with Crippen molar-refractivity contribution in [2.24, 2.45) is 0 Å². The van der Waals surface area contributed by atoms with Gasteiger partial charge in [-0.05, 0) is 42.5 Å². The van der Waals surface area contributed by atoms with Gasteiger partial charge in [0.15, 0.2) is 17.5 Å². The summed E-state index contributed by atoms with van der Waals surface area (Å²) in [4.78, 5) is 26.5. The van der Waals surface area contributed by atoms with E-state index in [1.807, 2.05) is 6.92 Å². The molecule has 0 fully saturated rings. The molecule has 0 unspecified atom stereocenters. The number of hydrogen-bond donors (Lipinski definition) is 1. The Labute approximate surface area is 147 Å². The first-order valence-electron chi connectivity index (χ1n) is 7.61. The van der Waals surface area contributed by atoms with Crippen molar-refractivity contribution in [3.8, 4) is 0 Å². The maximum atomic E-state index is 13.6. The number of nitrogens with zero attached hydrogens (tertiary/aromatic N) is 1. The van der Waals surface area contributed by atoms with E-state index in [1.165, 1.54) is 16.2 Å². The summed E-state index contributed by atoms with van der Waals surface area (Å²) >= 11 is 1.27. The summed E-state index contributed by atoms with van der Waals surface area (Å²) in [5.74, 6) is -5.47. The molecule has 1 N–H and O–H groups in total. The molecule has 0 bridgehead atoms. The van der Waals surface area contributed by atoms with Crippen LogP contribution in [0, 0.1) is 24.4 Å². The summed E-state index contributed by atoms with van der Waals surface area (Å²) in [6.45, 7) is 3.67. The molecule has 8 heteroatoms. The number of carbonyl (C=O) groups is 2. The SMILES string of the molecule is CCCN(CC(=O)Nc1ccc(F)c(F)c1F)C(=O)c1sccc1C. The Hall–Kier alpha value is -2.35. The van der Waals surface area contributed by atoms with Crippen LogP contribution in [0.4, 0.5) is 18.9 Å². The first-order valence-corrected chi connectivity index (χ1v) is 8.49. The van der Waals surface area contributed by atoms with Crippen LogP contribution < -0.4 is 5.32 Å². The molecule has 0 aliphatic heterocycles. The van der Waals surface area contributed by atoms with Crippen LogP contribution in [0.15, 0.2) is 23.6 Å². The number of halogens is 3. The van der Waals surface area contributed by atoms with Crippen molar-refractivity contribution in [1.29, 1.82) is 0 Å². The summed E-state index contributed by atoms with van der Waals surface area (Å²) in [7, 11) is 0. The van der Waals surface area contributed by atoms with Gasteiger partial charge in [0, 0.05) is 6.54 Å². The third kappa shape index (κ3) is 4.39. The number of aryl methyl sites for hydroxylation is 1. The average Bonchev–Trinajstić information content (AvgIpc) is 3.00. The zero-order valence-electron chi connectivity index (χ0n) is 13.7. The van der Waals surface area contributed by atoms with Gasteiger partial charge < -0.3 is 10.2 Å². The average molecular weight is 370 g/mol. The predicted molar refractivity (Wildman–Crippen MR) is 90.2 cm³/mol. The van der Waals surface area contributed by atoms with E-state index in [0.717, 1.165) is 17.7 Å². The smallest absolute Gasteiger partial charge is 0.264 e. The fourth-order valence-electron chi connectivity index (χ4n) is 2.24. The highest BCUT2D eigenvalue weighted by Crippen LogP contribution is 2.20. The van der Waals surface area contributed by atoms with Crippen LogP contribution in [-0.2, 0) is 4.79 Å². The van der Waals surface area contributed by atoms with Gasteiger partial charge in [0.25, 0.3) is 5.91 Å². The van der Waals surface area contributed by atoms with Crippen LogP contribution in [0.3, 0.4) is 0 Å². The quantitative estimate of drug-likeness (QED) is 0.783. The van der Waals surface area contributed by atoms with Crippen molar-refractivity contribution in [2.45, 2.75) is 20.3 Å². The Bertz CT molecular complexity index is 792. The molecule has 1 heterocycles. The van der Waals surface area contributed by atoms with Gasteiger partial charge in [-0.25, -0.2) is 13.2 Å². The lowest BCUT2D eigenvalue weighted by Crippen LogP contribution is -2.38. The molecular formula is C17H17F3N2O2S. The van der Waals surface area contributed by atoms with Crippen LogP contribution in [0.25, 0.3) is 0 Å². The van der Waals surface area contributed by atoms with Gasteiger partial charge in [0.2, 0.25) is 5.91 Å². The van der Waals surface area contributed by atoms with Gasteiger partial charge in [-0.15, -0.1) is 11.3 Å². The zero-order valence-corrected chi connectivity index (χ0v) is 14.6. The first-order chi connectivity index (χ1) is 11.8. The second kappa shape index (κ2) is 8.15. The Morgan fingerprint density at radius 3 is 2.48 bits per heavy atom. The van der Waals surface area contributed by atoms with Gasteiger partial charge in [-0.2, -0.15) is 0 Å². The standard InChI is InChI=1S/C17H17F3N2O2S/c1-3-7-22(17(24)16-10(2)6-8-25-16)9-13(23)21-12-5-4-11(18)14(19)15(12)20/h4-6,8H,3,7,9H2,1-2H3,(H,21,23). The number of rotatable bonds is 6. The molecule has 1 aromatic heterocycles. The molecule has 2 rings (SSSR count). The molecular weight excluding hydrogens is 353 g/mol. The summed E-state index contributed by atoms with van der Waals surface area (Å²) in [5, 5.41) is 3.95. The van der Waals surface area contributed by atoms with Gasteiger partial charge in [0.1, 0.15) is 6.54 Å². The van der Waals surface area contributed by atoms with Crippen molar-refractivity contribution in [3.63, 3.8) is 0 Å². The van der Waals surface area contributed by atoms with Crippen LogP contribution in [0.5, 0.6) is 0 Å². The molecule has 0 spiro atoms. The second-order valence-corrected chi connectivity index (χ2v) is 6.35. The maximum Gasteiger partial charge on any atom is 0.264 e.